The zero-order valence-electron chi connectivity index (χ0n) is 4.39. The number of hydrogen-bond acceptors (Lipinski definition) is 1. The molecule has 2 heteroatoms. The molecule has 1 heterocycles. The molecule has 0 aromatic heterocycles. The number of hydrogen-bond donors (Lipinski definition) is 0. The lowest BCUT2D eigenvalue weighted by atomic mass is 10.6. The maximum absolute atomic E-state index is 3.94. The molecule has 0 aromatic carbocycles. The van der Waals surface area contributed by atoms with Crippen molar-refractivity contribution in [3.05, 3.63) is 11.9 Å². The van der Waals surface area contributed by atoms with Gasteiger partial charge in [-0.25, -0.2) is 10.3 Å². The molecule has 2 nitrogen and oxygen atoms in total. The summed E-state index contributed by atoms with van der Waals surface area (Å²) in [6.07, 6.45) is 2.71. The molecule has 0 fully saturated rings. The van der Waals surface area contributed by atoms with E-state index in [2.05, 4.69) is 16.5 Å². The molecule has 0 aliphatic carbocycles. The fourth-order valence-electron chi connectivity index (χ4n) is 0.455. The number of aliphatic imine (C=N–C) groups is 1. The molecule has 0 bridgehead atoms. The molecule has 0 unspecified atom stereocenters. The Morgan fingerprint density at radius 1 is 1.43 bits per heavy atom. The summed E-state index contributed by atoms with van der Waals surface area (Å²) >= 11 is 0. The predicted octanol–water partition coefficient (Wildman–Crippen LogP) is 0.687. The smallest absolute Gasteiger partial charge is 0.126 e. The quantitative estimate of drug-likeness (QED) is 0.422. The van der Waals surface area contributed by atoms with Crippen LogP contribution >= 0.6 is 0 Å². The Hall–Kier alpha value is -0.790. The lowest BCUT2D eigenvalue weighted by Crippen LogP contribution is -1.97. The first-order chi connectivity index (χ1) is 3.29. The van der Waals surface area contributed by atoms with Crippen molar-refractivity contribution in [2.24, 2.45) is 4.99 Å². The third kappa shape index (κ3) is 0.796. The second-order valence-electron chi connectivity index (χ2n) is 1.47. The molecule has 0 N–H and O–H groups in total. The number of amidine groups is 1. The van der Waals surface area contributed by atoms with E-state index < -0.39 is 0 Å². The first-order valence-corrected chi connectivity index (χ1v) is 2.14. The van der Waals surface area contributed by atoms with Crippen LogP contribution < -0.4 is 5.32 Å². The van der Waals surface area contributed by atoms with Gasteiger partial charge in [-0.1, -0.05) is 0 Å². The van der Waals surface area contributed by atoms with Gasteiger partial charge in [-0.3, -0.25) is 0 Å². The van der Waals surface area contributed by atoms with Crippen LogP contribution in [-0.2, 0) is 0 Å². The van der Waals surface area contributed by atoms with E-state index in [0.29, 0.717) is 0 Å². The summed E-state index contributed by atoms with van der Waals surface area (Å²) in [4.78, 5) is 3.94. The maximum Gasteiger partial charge on any atom is 0.126 e. The van der Waals surface area contributed by atoms with Gasteiger partial charge < -0.3 is 0 Å². The number of rotatable bonds is 0. The van der Waals surface area contributed by atoms with Crippen LogP contribution in [0.2, 0.25) is 0 Å². The van der Waals surface area contributed by atoms with Crippen molar-refractivity contribution in [3.63, 3.8) is 0 Å². The molecule has 1 aliphatic rings. The van der Waals surface area contributed by atoms with Gasteiger partial charge in [-0.05, 0) is 13.8 Å². The molecule has 2 radical (unpaired) electrons. The molecule has 0 spiro atoms. The molecule has 1 aliphatic heterocycles. The van der Waals surface area contributed by atoms with Crippen molar-refractivity contribution in [2.45, 2.75) is 13.8 Å². The fraction of sp³-hybridized carbons (Fsp3) is 0.400. The Kier molecular flexibility index (Phi) is 0.855. The van der Waals surface area contributed by atoms with Gasteiger partial charge in [0.2, 0.25) is 0 Å². The Morgan fingerprint density at radius 2 is 2.14 bits per heavy atom. The van der Waals surface area contributed by atoms with Gasteiger partial charge in [0.15, 0.2) is 0 Å². The van der Waals surface area contributed by atoms with Crippen LogP contribution in [-0.4, -0.2) is 5.84 Å². The van der Waals surface area contributed by atoms with Gasteiger partial charge in [-0.2, -0.15) is 0 Å². The van der Waals surface area contributed by atoms with Gasteiger partial charge in [0.05, 0.1) is 5.70 Å². The van der Waals surface area contributed by atoms with Gasteiger partial charge in [0.1, 0.15) is 12.0 Å². The molecule has 36 valence electrons. The summed E-state index contributed by atoms with van der Waals surface area (Å²) in [6.45, 7) is 3.73. The second-order valence-corrected chi connectivity index (χ2v) is 1.47. The van der Waals surface area contributed by atoms with Crippen molar-refractivity contribution < 1.29 is 0 Å². The van der Waals surface area contributed by atoms with Crippen LogP contribution in [0.25, 0.3) is 0 Å². The van der Waals surface area contributed by atoms with E-state index in [9.17, 15) is 0 Å². The third-order valence-corrected chi connectivity index (χ3v) is 0.709. The molecular weight excluding hydrogens is 88.1 g/mol. The van der Waals surface area contributed by atoms with Gasteiger partial charge >= 0.3 is 0 Å². The van der Waals surface area contributed by atoms with Crippen LogP contribution in [0.3, 0.4) is 0 Å². The molecule has 0 saturated heterocycles. The highest BCUT2D eigenvalue weighted by Crippen LogP contribution is 1.98. The Balaban J connectivity index is 2.69. The monoisotopic (exact) mass is 94.1 g/mol. The maximum atomic E-state index is 3.94. The van der Waals surface area contributed by atoms with E-state index in [4.69, 9.17) is 0 Å². The van der Waals surface area contributed by atoms with Crippen molar-refractivity contribution in [1.82, 2.24) is 5.32 Å². The molecule has 7 heavy (non-hydrogen) atoms. The van der Waals surface area contributed by atoms with Crippen molar-refractivity contribution in [2.75, 3.05) is 0 Å². The topological polar surface area (TPSA) is 26.5 Å². The van der Waals surface area contributed by atoms with E-state index >= 15 is 0 Å². The minimum Gasteiger partial charge on any atom is -0.236 e. The summed E-state index contributed by atoms with van der Waals surface area (Å²) in [5.41, 5.74) is 0.873. The zero-order valence-corrected chi connectivity index (χ0v) is 4.39. The summed E-state index contributed by atoms with van der Waals surface area (Å²) in [7, 11) is 0. The highest BCUT2D eigenvalue weighted by Gasteiger charge is 1.97. The van der Waals surface area contributed by atoms with Crippen molar-refractivity contribution in [1.29, 1.82) is 0 Å². The molecule has 0 saturated carbocycles. The number of nitrogens with zero attached hydrogens (tertiary/aromatic N) is 2. The predicted molar refractivity (Wildman–Crippen MR) is 27.7 cm³/mol. The average molecular weight is 94.1 g/mol. The van der Waals surface area contributed by atoms with E-state index in [1.807, 2.05) is 13.8 Å². The lowest BCUT2D eigenvalue weighted by Gasteiger charge is -1.78. The highest BCUT2D eigenvalue weighted by molar-refractivity contribution is 5.82. The molecule has 0 atom stereocenters. The molecule has 1 rings (SSSR count). The SMILES string of the molecule is CC1=[C][N]C(C)=N1. The standard InChI is InChI=1S/C5H6N2/c1-4-3-6-5(2)7-4/h1-2H3. The first kappa shape index (κ1) is 4.37. The normalized spacial score (nSPS) is 18.0. The zero-order chi connectivity index (χ0) is 5.28. The van der Waals surface area contributed by atoms with Gasteiger partial charge in [0, 0.05) is 0 Å². The lowest BCUT2D eigenvalue weighted by molar-refractivity contribution is 1.21. The summed E-state index contributed by atoms with van der Waals surface area (Å²) < 4.78 is 0. The van der Waals surface area contributed by atoms with Crippen molar-refractivity contribution >= 4 is 5.84 Å². The van der Waals surface area contributed by atoms with Gasteiger partial charge in [-0.15, -0.1) is 0 Å². The van der Waals surface area contributed by atoms with E-state index in [1.54, 1.807) is 0 Å². The first-order valence-electron chi connectivity index (χ1n) is 2.14. The van der Waals surface area contributed by atoms with Crippen molar-refractivity contribution in [3.8, 4) is 0 Å². The highest BCUT2D eigenvalue weighted by atomic mass is 15.0. The third-order valence-electron chi connectivity index (χ3n) is 0.709. The summed E-state index contributed by atoms with van der Waals surface area (Å²) in [5, 5.41) is 3.78. The summed E-state index contributed by atoms with van der Waals surface area (Å²) in [6, 6.07) is 0. The van der Waals surface area contributed by atoms with E-state index in [-0.39, 0.29) is 0 Å². The van der Waals surface area contributed by atoms with Crippen LogP contribution in [0, 0.1) is 6.20 Å². The van der Waals surface area contributed by atoms with Gasteiger partial charge in [0.25, 0.3) is 0 Å². The number of allylic oxidation sites excluding steroid dienone is 1. The minimum absolute atomic E-state index is 0.803. The fourth-order valence-corrected chi connectivity index (χ4v) is 0.455. The Labute approximate surface area is 42.9 Å². The summed E-state index contributed by atoms with van der Waals surface area (Å²) in [5.74, 6) is 0.803. The van der Waals surface area contributed by atoms with E-state index in [1.165, 1.54) is 0 Å². The molecule has 0 aromatic rings. The Morgan fingerprint density at radius 3 is 2.29 bits per heavy atom. The van der Waals surface area contributed by atoms with Crippen LogP contribution in [0.1, 0.15) is 13.8 Å². The largest absolute Gasteiger partial charge is 0.236 e. The molecule has 0 amide bonds. The second kappa shape index (κ2) is 1.37. The van der Waals surface area contributed by atoms with E-state index in [0.717, 1.165) is 11.5 Å². The minimum atomic E-state index is 0.803. The van der Waals surface area contributed by atoms with Crippen LogP contribution in [0.15, 0.2) is 10.7 Å². The average Bonchev–Trinajstić information content (AvgIpc) is 1.87. The van der Waals surface area contributed by atoms with Crippen LogP contribution in [0.4, 0.5) is 0 Å². The van der Waals surface area contributed by atoms with Crippen LogP contribution in [0.5, 0.6) is 0 Å². The molecular formula is C5H6N2. The Bertz CT molecular complexity index is 133.